The maximum atomic E-state index is 14.0. The summed E-state index contributed by atoms with van der Waals surface area (Å²) in [6, 6.07) is 27.1. The molecule has 1 aliphatic rings. The highest BCUT2D eigenvalue weighted by molar-refractivity contribution is 6.13. The van der Waals surface area contributed by atoms with Crippen molar-refractivity contribution in [2.24, 2.45) is 11.5 Å². The van der Waals surface area contributed by atoms with Gasteiger partial charge in [0.1, 0.15) is 5.75 Å². The van der Waals surface area contributed by atoms with Crippen LogP contribution in [0.1, 0.15) is 74.0 Å². The van der Waals surface area contributed by atoms with E-state index in [9.17, 15) is 4.79 Å². The number of benzene rings is 4. The molecule has 1 unspecified atom stereocenters. The van der Waals surface area contributed by atoms with E-state index in [0.29, 0.717) is 42.8 Å². The Hall–Kier alpha value is -4.37. The lowest BCUT2D eigenvalue weighted by atomic mass is 9.82. The first-order chi connectivity index (χ1) is 24.1. The first kappa shape index (κ1) is 37.9. The van der Waals surface area contributed by atoms with E-state index in [1.165, 1.54) is 7.11 Å². The molecule has 4 aromatic rings. The largest absolute Gasteiger partial charge is 0.472 e. The van der Waals surface area contributed by atoms with Gasteiger partial charge >= 0.3 is 5.97 Å². The summed E-state index contributed by atoms with van der Waals surface area (Å²) in [7, 11) is 7.78. The zero-order valence-electron chi connectivity index (χ0n) is 31.8. The number of anilines is 2. The highest BCUT2D eigenvalue weighted by Crippen LogP contribution is 2.50. The van der Waals surface area contributed by atoms with Gasteiger partial charge in [-0.3, -0.25) is 0 Å². The van der Waals surface area contributed by atoms with Crippen molar-refractivity contribution in [3.8, 4) is 5.75 Å². The van der Waals surface area contributed by atoms with Gasteiger partial charge in [0.05, 0.1) is 18.4 Å². The molecule has 0 aliphatic carbocycles. The minimum atomic E-state index is -0.944. The number of hydrogen-bond acceptors (Lipinski definition) is 8. The molecule has 4 N–H and O–H groups in total. The van der Waals surface area contributed by atoms with Crippen molar-refractivity contribution < 1.29 is 14.3 Å². The van der Waals surface area contributed by atoms with Gasteiger partial charge in [-0.15, -0.1) is 0 Å². The zero-order valence-corrected chi connectivity index (χ0v) is 31.8. The normalized spacial score (nSPS) is 15.8. The molecule has 0 saturated heterocycles. The number of nitrogens with two attached hydrogens (primary N) is 2. The highest BCUT2D eigenvalue weighted by Gasteiger charge is 2.40. The third-order valence-corrected chi connectivity index (χ3v) is 9.72. The highest BCUT2D eigenvalue weighted by atomic mass is 16.5. The number of nitrogens with zero attached hydrogens (tertiary/aromatic N) is 3. The van der Waals surface area contributed by atoms with E-state index in [-0.39, 0.29) is 0 Å². The van der Waals surface area contributed by atoms with Crippen molar-refractivity contribution in [2.45, 2.75) is 63.6 Å². The standard InChI is InChI=1S/C43H57N5O3/c1-41(2,44)25-29-48(30-26-42(3,4)45)38-34-17-12-13-18-35(34)39-36(37(38)40(49)50-8)23-24-43(51-39,31-15-10-9-11-16-31)32-19-21-33(22-20-32)47(7)28-14-27-46(5)6/h9-13,15-24H,14,25-30,44-45H2,1-8H3. The SMILES string of the molecule is COC(=O)c1c2c(c3ccccc3c1N(CCC(C)(C)N)CCC(C)(C)N)OC(c1ccccc1)(c1ccc(N(C)CCCN(C)C)cc1)C=C2. The van der Waals surface area contributed by atoms with Gasteiger partial charge in [0.15, 0.2) is 5.60 Å². The fraction of sp³-hybridized carbons (Fsp3) is 0.419. The Morgan fingerprint density at radius 2 is 1.33 bits per heavy atom. The van der Waals surface area contributed by atoms with Gasteiger partial charge in [-0.1, -0.05) is 66.7 Å². The van der Waals surface area contributed by atoms with Crippen molar-refractivity contribution in [2.75, 3.05) is 64.2 Å². The number of rotatable bonds is 15. The Morgan fingerprint density at radius 3 is 1.90 bits per heavy atom. The summed E-state index contributed by atoms with van der Waals surface area (Å²) in [5.74, 6) is 0.224. The molecule has 272 valence electrons. The van der Waals surface area contributed by atoms with Crippen LogP contribution in [0.5, 0.6) is 5.75 Å². The van der Waals surface area contributed by atoms with Crippen molar-refractivity contribution in [1.29, 1.82) is 0 Å². The summed E-state index contributed by atoms with van der Waals surface area (Å²) in [5, 5.41) is 1.83. The van der Waals surface area contributed by atoms with Gasteiger partial charge in [-0.25, -0.2) is 4.79 Å². The van der Waals surface area contributed by atoms with E-state index in [2.05, 4.69) is 90.4 Å². The Kier molecular flexibility index (Phi) is 11.5. The first-order valence-corrected chi connectivity index (χ1v) is 18.0. The lowest BCUT2D eigenvalue weighted by Crippen LogP contribution is -2.42. The second kappa shape index (κ2) is 15.5. The number of ether oxygens (including phenoxy) is 2. The summed E-state index contributed by atoms with van der Waals surface area (Å²) >= 11 is 0. The molecule has 1 atom stereocenters. The van der Waals surface area contributed by atoms with Crippen LogP contribution in [0.25, 0.3) is 16.8 Å². The molecule has 0 spiro atoms. The quantitative estimate of drug-likeness (QED) is 0.124. The monoisotopic (exact) mass is 691 g/mol. The predicted molar refractivity (Wildman–Crippen MR) is 213 cm³/mol. The van der Waals surface area contributed by atoms with E-state index in [4.69, 9.17) is 20.9 Å². The van der Waals surface area contributed by atoms with Crippen molar-refractivity contribution in [3.05, 3.63) is 107 Å². The fourth-order valence-corrected chi connectivity index (χ4v) is 6.77. The molecular formula is C43H57N5O3. The van der Waals surface area contributed by atoms with Gasteiger partial charge in [0, 0.05) is 70.9 Å². The topological polar surface area (TPSA) is 97.3 Å². The van der Waals surface area contributed by atoms with Gasteiger partial charge in [-0.05, 0) is 91.9 Å². The van der Waals surface area contributed by atoms with Crippen LogP contribution in [0.15, 0.2) is 84.9 Å². The first-order valence-electron chi connectivity index (χ1n) is 18.0. The van der Waals surface area contributed by atoms with Crippen molar-refractivity contribution in [3.63, 3.8) is 0 Å². The maximum absolute atomic E-state index is 14.0. The second-order valence-corrected chi connectivity index (χ2v) is 15.6. The maximum Gasteiger partial charge on any atom is 0.340 e. The molecule has 0 radical (unpaired) electrons. The average molecular weight is 692 g/mol. The number of methoxy groups -OCH3 is 1. The molecule has 1 heterocycles. The van der Waals surface area contributed by atoms with Gasteiger partial charge in [0.2, 0.25) is 0 Å². The van der Waals surface area contributed by atoms with Crippen LogP contribution in [-0.4, -0.2) is 76.4 Å². The molecular weight excluding hydrogens is 635 g/mol. The van der Waals surface area contributed by atoms with E-state index in [0.717, 1.165) is 52.8 Å². The smallest absolute Gasteiger partial charge is 0.340 e. The summed E-state index contributed by atoms with van der Waals surface area (Å²) in [6.07, 6.45) is 6.64. The third-order valence-electron chi connectivity index (χ3n) is 9.72. The molecule has 0 fully saturated rings. The second-order valence-electron chi connectivity index (χ2n) is 15.6. The van der Waals surface area contributed by atoms with Crippen LogP contribution in [0.4, 0.5) is 11.4 Å². The third kappa shape index (κ3) is 8.75. The lowest BCUT2D eigenvalue weighted by Gasteiger charge is -2.39. The van der Waals surface area contributed by atoms with Gasteiger partial charge in [-0.2, -0.15) is 0 Å². The molecule has 1 aliphatic heterocycles. The fourth-order valence-electron chi connectivity index (χ4n) is 6.77. The Balaban J connectivity index is 1.69. The molecule has 0 saturated carbocycles. The summed E-state index contributed by atoms with van der Waals surface area (Å²) in [4.78, 5) is 20.7. The van der Waals surface area contributed by atoms with Crippen LogP contribution in [0.2, 0.25) is 0 Å². The van der Waals surface area contributed by atoms with Crippen LogP contribution >= 0.6 is 0 Å². The number of carbonyl (C=O) groups excluding carboxylic acids is 1. The molecule has 8 nitrogen and oxygen atoms in total. The number of fused-ring (bicyclic) bond motifs is 3. The van der Waals surface area contributed by atoms with Gasteiger partial charge in [0.25, 0.3) is 0 Å². The predicted octanol–water partition coefficient (Wildman–Crippen LogP) is 7.42. The minimum Gasteiger partial charge on any atom is -0.472 e. The molecule has 5 rings (SSSR count). The molecule has 0 aromatic heterocycles. The Bertz CT molecular complexity index is 1810. The summed E-state index contributed by atoms with van der Waals surface area (Å²) in [5.41, 5.74) is 16.4. The van der Waals surface area contributed by atoms with Crippen LogP contribution in [0, 0.1) is 0 Å². The zero-order chi connectivity index (χ0) is 37.0. The lowest BCUT2D eigenvalue weighted by molar-refractivity contribution is 0.0599. The Morgan fingerprint density at radius 1 is 0.765 bits per heavy atom. The van der Waals surface area contributed by atoms with E-state index < -0.39 is 22.6 Å². The summed E-state index contributed by atoms with van der Waals surface area (Å²) < 4.78 is 12.8. The van der Waals surface area contributed by atoms with Crippen molar-refractivity contribution in [1.82, 2.24) is 4.90 Å². The van der Waals surface area contributed by atoms with E-state index >= 15 is 0 Å². The molecule has 0 bridgehead atoms. The number of hydrogen-bond donors (Lipinski definition) is 2. The van der Waals surface area contributed by atoms with Crippen LogP contribution in [0.3, 0.4) is 0 Å². The molecule has 0 amide bonds. The molecule has 51 heavy (non-hydrogen) atoms. The Labute approximate surface area is 305 Å². The van der Waals surface area contributed by atoms with E-state index in [1.807, 2.05) is 64.1 Å². The van der Waals surface area contributed by atoms with Crippen molar-refractivity contribution >= 4 is 34.2 Å². The summed E-state index contributed by atoms with van der Waals surface area (Å²) in [6.45, 7) is 11.4. The number of esters is 1. The van der Waals surface area contributed by atoms with Crippen LogP contribution < -0.4 is 26.0 Å². The minimum absolute atomic E-state index is 0.402. The number of carbonyl (C=O) groups is 1. The average Bonchev–Trinajstić information content (AvgIpc) is 3.10. The van der Waals surface area contributed by atoms with E-state index in [1.54, 1.807) is 0 Å². The molecule has 8 heteroatoms. The van der Waals surface area contributed by atoms with Gasteiger partial charge < -0.3 is 35.6 Å². The van der Waals surface area contributed by atoms with Crippen LogP contribution in [-0.2, 0) is 10.3 Å². The molecule has 4 aromatic carbocycles.